The van der Waals surface area contributed by atoms with Gasteiger partial charge in [0.15, 0.2) is 11.5 Å². The Labute approximate surface area is 204 Å². The number of aromatic nitrogens is 1. The quantitative estimate of drug-likeness (QED) is 0.317. The van der Waals surface area contributed by atoms with Crippen LogP contribution in [0.5, 0.6) is 11.5 Å². The first-order valence-corrected chi connectivity index (χ1v) is 11.0. The molecular formula is C27H27N3O5. The summed E-state index contributed by atoms with van der Waals surface area (Å²) in [7, 11) is 6.86. The minimum absolute atomic E-state index is 0.0173. The third-order valence-corrected chi connectivity index (χ3v) is 6.00. The van der Waals surface area contributed by atoms with Crippen molar-refractivity contribution < 1.29 is 24.2 Å². The van der Waals surface area contributed by atoms with Gasteiger partial charge in [0.1, 0.15) is 5.76 Å². The van der Waals surface area contributed by atoms with E-state index in [0.717, 1.165) is 11.3 Å². The molecule has 1 aliphatic rings. The second-order valence-electron chi connectivity index (χ2n) is 8.34. The van der Waals surface area contributed by atoms with Crippen LogP contribution in [0.25, 0.3) is 5.76 Å². The molecule has 1 aliphatic heterocycles. The number of hydrogen-bond donors (Lipinski definition) is 1. The molecule has 1 N–H and O–H groups in total. The summed E-state index contributed by atoms with van der Waals surface area (Å²) in [5, 5.41) is 11.3. The average molecular weight is 474 g/mol. The van der Waals surface area contributed by atoms with Gasteiger partial charge in [-0.15, -0.1) is 0 Å². The Morgan fingerprint density at radius 2 is 1.74 bits per heavy atom. The summed E-state index contributed by atoms with van der Waals surface area (Å²) in [6, 6.07) is 15.2. The first-order valence-electron chi connectivity index (χ1n) is 11.0. The van der Waals surface area contributed by atoms with Crippen molar-refractivity contribution in [1.29, 1.82) is 0 Å². The molecule has 1 saturated heterocycles. The number of carbonyl (C=O) groups excluding carboxylic acids is 2. The zero-order chi connectivity index (χ0) is 25.1. The molecule has 1 unspecified atom stereocenters. The van der Waals surface area contributed by atoms with Crippen LogP contribution >= 0.6 is 0 Å². The first-order chi connectivity index (χ1) is 16.8. The lowest BCUT2D eigenvalue weighted by molar-refractivity contribution is -0.140. The number of anilines is 1. The standard InChI is InChI=1S/C27H27N3O5/c1-29(2)20-10-7-18(8-11-20)24-23(25(31)19-9-12-21(34-3)22(14-19)35-4)26(32)27(33)30(24)16-17-6-5-13-28-15-17/h5-15,24,31H,16H2,1-4H3/b25-23+. The summed E-state index contributed by atoms with van der Waals surface area (Å²) in [4.78, 5) is 34.0. The number of benzene rings is 2. The topological polar surface area (TPSA) is 92.2 Å². The van der Waals surface area contributed by atoms with Gasteiger partial charge >= 0.3 is 0 Å². The van der Waals surface area contributed by atoms with E-state index in [0.29, 0.717) is 22.6 Å². The minimum atomic E-state index is -0.778. The Bertz CT molecular complexity index is 1270. The number of nitrogens with zero attached hydrogens (tertiary/aromatic N) is 3. The predicted octanol–water partition coefficient (Wildman–Crippen LogP) is 3.79. The van der Waals surface area contributed by atoms with E-state index < -0.39 is 17.7 Å². The minimum Gasteiger partial charge on any atom is -0.507 e. The molecule has 8 heteroatoms. The summed E-state index contributed by atoms with van der Waals surface area (Å²) in [6.07, 6.45) is 3.30. The Kier molecular flexibility index (Phi) is 6.73. The molecule has 1 atom stereocenters. The molecular weight excluding hydrogens is 446 g/mol. The van der Waals surface area contributed by atoms with Gasteiger partial charge in [-0.25, -0.2) is 0 Å². The van der Waals surface area contributed by atoms with Gasteiger partial charge in [0.25, 0.3) is 11.7 Å². The SMILES string of the molecule is COc1ccc(/C(O)=C2\C(=O)C(=O)N(Cc3cccnc3)C2c2ccc(N(C)C)cc2)cc1OC. The van der Waals surface area contributed by atoms with Crippen molar-refractivity contribution in [2.45, 2.75) is 12.6 Å². The molecule has 1 amide bonds. The number of ketones is 1. The second kappa shape index (κ2) is 9.89. The first kappa shape index (κ1) is 23.8. The van der Waals surface area contributed by atoms with Crippen LogP contribution in [0, 0.1) is 0 Å². The van der Waals surface area contributed by atoms with E-state index in [2.05, 4.69) is 4.98 Å². The van der Waals surface area contributed by atoms with Crippen LogP contribution in [0.1, 0.15) is 22.7 Å². The highest BCUT2D eigenvalue weighted by Crippen LogP contribution is 2.41. The zero-order valence-electron chi connectivity index (χ0n) is 20.1. The summed E-state index contributed by atoms with van der Waals surface area (Å²) >= 11 is 0. The fraction of sp³-hybridized carbons (Fsp3) is 0.222. The normalized spacial score (nSPS) is 16.9. The lowest BCUT2D eigenvalue weighted by Crippen LogP contribution is -2.29. The number of likely N-dealkylation sites (tertiary alicyclic amines) is 1. The van der Waals surface area contributed by atoms with Gasteiger partial charge in [0.05, 0.1) is 25.8 Å². The average Bonchev–Trinajstić information content (AvgIpc) is 3.13. The van der Waals surface area contributed by atoms with Gasteiger partial charge in [0.2, 0.25) is 0 Å². The van der Waals surface area contributed by atoms with Crippen molar-refractivity contribution in [3.8, 4) is 11.5 Å². The molecule has 35 heavy (non-hydrogen) atoms. The van der Waals surface area contributed by atoms with Gasteiger partial charge in [-0.05, 0) is 47.5 Å². The molecule has 1 fully saturated rings. The molecule has 180 valence electrons. The molecule has 0 aliphatic carbocycles. The van der Waals surface area contributed by atoms with Crippen molar-refractivity contribution in [3.05, 3.63) is 89.3 Å². The molecule has 0 bridgehead atoms. The van der Waals surface area contributed by atoms with E-state index in [-0.39, 0.29) is 17.9 Å². The number of carbonyl (C=O) groups is 2. The summed E-state index contributed by atoms with van der Waals surface area (Å²) in [6.45, 7) is 0.168. The maximum absolute atomic E-state index is 13.3. The summed E-state index contributed by atoms with van der Waals surface area (Å²) in [5.74, 6) is -0.829. The Balaban J connectivity index is 1.86. The lowest BCUT2D eigenvalue weighted by Gasteiger charge is -2.26. The highest BCUT2D eigenvalue weighted by Gasteiger charge is 2.46. The Morgan fingerprint density at radius 3 is 2.34 bits per heavy atom. The third-order valence-electron chi connectivity index (χ3n) is 6.00. The maximum Gasteiger partial charge on any atom is 0.295 e. The number of pyridine rings is 1. The van der Waals surface area contributed by atoms with Gasteiger partial charge in [-0.3, -0.25) is 14.6 Å². The van der Waals surface area contributed by atoms with Gasteiger partial charge < -0.3 is 24.4 Å². The molecule has 2 heterocycles. The molecule has 1 aromatic heterocycles. The van der Waals surface area contributed by atoms with Crippen molar-refractivity contribution in [2.75, 3.05) is 33.2 Å². The van der Waals surface area contributed by atoms with Crippen LogP contribution in [0.4, 0.5) is 5.69 Å². The van der Waals surface area contributed by atoms with E-state index in [9.17, 15) is 14.7 Å². The molecule has 4 rings (SSSR count). The summed E-state index contributed by atoms with van der Waals surface area (Å²) < 4.78 is 10.6. The maximum atomic E-state index is 13.3. The number of ether oxygens (including phenoxy) is 2. The highest BCUT2D eigenvalue weighted by atomic mass is 16.5. The number of amides is 1. The molecule has 0 spiro atoms. The number of rotatable bonds is 7. The smallest absolute Gasteiger partial charge is 0.295 e. The van der Waals surface area contributed by atoms with Crippen LogP contribution in [0.2, 0.25) is 0 Å². The molecule has 8 nitrogen and oxygen atoms in total. The largest absolute Gasteiger partial charge is 0.507 e. The van der Waals surface area contributed by atoms with E-state index in [1.54, 1.807) is 36.7 Å². The molecule has 0 saturated carbocycles. The van der Waals surface area contributed by atoms with Crippen molar-refractivity contribution in [2.24, 2.45) is 0 Å². The molecule has 0 radical (unpaired) electrons. The molecule has 2 aromatic carbocycles. The number of methoxy groups -OCH3 is 2. The van der Waals surface area contributed by atoms with Crippen LogP contribution in [0.15, 0.2) is 72.6 Å². The van der Waals surface area contributed by atoms with Crippen molar-refractivity contribution in [1.82, 2.24) is 9.88 Å². The second-order valence-corrected chi connectivity index (χ2v) is 8.34. The van der Waals surface area contributed by atoms with Gasteiger partial charge in [-0.2, -0.15) is 0 Å². The number of Topliss-reactive ketones (excluding diaryl/α,β-unsaturated/α-hetero) is 1. The van der Waals surface area contributed by atoms with Crippen LogP contribution in [-0.4, -0.2) is 55.0 Å². The predicted molar refractivity (Wildman–Crippen MR) is 132 cm³/mol. The van der Waals surface area contributed by atoms with E-state index in [1.807, 2.05) is 49.3 Å². The summed E-state index contributed by atoms with van der Waals surface area (Å²) in [5.41, 5.74) is 2.81. The van der Waals surface area contributed by atoms with Crippen molar-refractivity contribution >= 4 is 23.1 Å². The van der Waals surface area contributed by atoms with Crippen molar-refractivity contribution in [3.63, 3.8) is 0 Å². The van der Waals surface area contributed by atoms with E-state index in [4.69, 9.17) is 9.47 Å². The van der Waals surface area contributed by atoms with E-state index in [1.165, 1.54) is 19.1 Å². The lowest BCUT2D eigenvalue weighted by atomic mass is 9.94. The van der Waals surface area contributed by atoms with Gasteiger partial charge in [-0.1, -0.05) is 18.2 Å². The monoisotopic (exact) mass is 473 g/mol. The number of aliphatic hydroxyl groups excluding tert-OH is 1. The zero-order valence-corrected chi connectivity index (χ0v) is 20.1. The third kappa shape index (κ3) is 4.55. The van der Waals surface area contributed by atoms with Crippen LogP contribution in [0.3, 0.4) is 0 Å². The Morgan fingerprint density at radius 1 is 1.03 bits per heavy atom. The van der Waals surface area contributed by atoms with Crippen LogP contribution < -0.4 is 14.4 Å². The van der Waals surface area contributed by atoms with E-state index >= 15 is 0 Å². The fourth-order valence-electron chi connectivity index (χ4n) is 4.17. The Hall–Kier alpha value is -4.33. The number of hydrogen-bond acceptors (Lipinski definition) is 7. The molecule has 3 aromatic rings. The van der Waals surface area contributed by atoms with Gasteiger partial charge in [0, 0.05) is 44.3 Å². The van der Waals surface area contributed by atoms with Crippen LogP contribution in [-0.2, 0) is 16.1 Å². The number of aliphatic hydroxyl groups is 1. The highest BCUT2D eigenvalue weighted by molar-refractivity contribution is 6.46. The fourth-order valence-corrected chi connectivity index (χ4v) is 4.17.